The molecule has 3 aromatic heterocycles. The molecular formula is C59H41N3. The first-order chi connectivity index (χ1) is 30.6. The quantitative estimate of drug-likeness (QED) is 0.134. The predicted molar refractivity (Wildman–Crippen MR) is 263 cm³/mol. The van der Waals surface area contributed by atoms with E-state index < -0.39 is 0 Å². The van der Waals surface area contributed by atoms with E-state index in [4.69, 9.17) is 4.98 Å². The lowest BCUT2D eigenvalue weighted by Gasteiger charge is -2.12. The van der Waals surface area contributed by atoms with Crippen LogP contribution in [0.2, 0.25) is 0 Å². The molecule has 62 heavy (non-hydrogen) atoms. The summed E-state index contributed by atoms with van der Waals surface area (Å²) in [5.74, 6) is 0. The molecule has 0 N–H and O–H groups in total. The molecule has 0 unspecified atom stereocenters. The van der Waals surface area contributed by atoms with Crippen molar-refractivity contribution in [2.24, 2.45) is 0 Å². The van der Waals surface area contributed by atoms with Gasteiger partial charge in [-0.25, -0.2) is 4.98 Å². The van der Waals surface area contributed by atoms with Crippen LogP contribution in [0.5, 0.6) is 0 Å². The van der Waals surface area contributed by atoms with E-state index >= 15 is 0 Å². The van der Waals surface area contributed by atoms with Crippen LogP contribution in [0.15, 0.2) is 238 Å². The van der Waals surface area contributed by atoms with Gasteiger partial charge in [0.15, 0.2) is 0 Å². The van der Waals surface area contributed by atoms with E-state index in [1.54, 1.807) is 6.08 Å². The average molecular weight is 792 g/mol. The third-order valence-corrected chi connectivity index (χ3v) is 12.1. The fourth-order valence-electron chi connectivity index (χ4n) is 9.08. The lowest BCUT2D eigenvalue weighted by atomic mass is 9.99. The first-order valence-electron chi connectivity index (χ1n) is 21.0. The summed E-state index contributed by atoms with van der Waals surface area (Å²) >= 11 is 0. The largest absolute Gasteiger partial charge is 0.309 e. The average Bonchev–Trinajstić information content (AvgIpc) is 3.86. The van der Waals surface area contributed by atoms with Crippen molar-refractivity contribution in [3.05, 3.63) is 243 Å². The summed E-state index contributed by atoms with van der Waals surface area (Å²) in [5.41, 5.74) is 17.7. The van der Waals surface area contributed by atoms with Crippen molar-refractivity contribution in [2.45, 2.75) is 0 Å². The molecule has 0 spiro atoms. The monoisotopic (exact) mass is 791 g/mol. The van der Waals surface area contributed by atoms with Crippen LogP contribution in [0.25, 0.3) is 105 Å². The Kier molecular flexibility index (Phi) is 9.13. The predicted octanol–water partition coefficient (Wildman–Crippen LogP) is 15.7. The van der Waals surface area contributed by atoms with Gasteiger partial charge in [-0.3, -0.25) is 0 Å². The normalized spacial score (nSPS) is 11.8. The zero-order valence-electron chi connectivity index (χ0n) is 34.1. The van der Waals surface area contributed by atoms with Crippen LogP contribution in [-0.4, -0.2) is 14.1 Å². The number of allylic oxidation sites excluding steroid dienone is 4. The van der Waals surface area contributed by atoms with E-state index in [9.17, 15) is 0 Å². The summed E-state index contributed by atoms with van der Waals surface area (Å²) < 4.78 is 4.76. The standard InChI is InChI=1S/C59H41N3/c1-3-15-40(4-2)54-38-47(42-18-9-6-10-19-42)39-55(60-54)44-26-32-49(33-27-44)62-57-23-14-12-21-51(57)53-37-46(29-35-59(53)62)45-28-34-58-52(36-45)50-20-11-13-22-56(50)61(58)48-30-24-43(25-31-48)41-16-7-5-8-17-41/h3-39H,1-2H2/b40-15+. The molecule has 3 heteroatoms. The Balaban J connectivity index is 0.980. The Hall–Kier alpha value is -8.27. The van der Waals surface area contributed by atoms with E-state index in [0.717, 1.165) is 50.5 Å². The van der Waals surface area contributed by atoms with Crippen LogP contribution >= 0.6 is 0 Å². The molecule has 0 bridgehead atoms. The van der Waals surface area contributed by atoms with Gasteiger partial charge in [0.2, 0.25) is 0 Å². The smallest absolute Gasteiger partial charge is 0.0715 e. The Morgan fingerprint density at radius 1 is 0.371 bits per heavy atom. The highest BCUT2D eigenvalue weighted by Gasteiger charge is 2.17. The van der Waals surface area contributed by atoms with E-state index in [0.29, 0.717) is 0 Å². The zero-order chi connectivity index (χ0) is 41.6. The maximum Gasteiger partial charge on any atom is 0.0715 e. The zero-order valence-corrected chi connectivity index (χ0v) is 34.1. The molecule has 0 atom stereocenters. The first kappa shape index (κ1) is 36.8. The van der Waals surface area contributed by atoms with Gasteiger partial charge in [0.05, 0.1) is 33.5 Å². The lowest BCUT2D eigenvalue weighted by molar-refractivity contribution is 1.18. The third-order valence-electron chi connectivity index (χ3n) is 12.1. The van der Waals surface area contributed by atoms with Crippen molar-refractivity contribution >= 4 is 49.2 Å². The van der Waals surface area contributed by atoms with Crippen molar-refractivity contribution in [3.8, 4) is 56.0 Å². The van der Waals surface area contributed by atoms with E-state index in [1.165, 1.54) is 60.3 Å². The molecule has 0 fully saturated rings. The molecule has 11 aromatic rings. The highest BCUT2D eigenvalue weighted by molar-refractivity contribution is 6.12. The second-order valence-electron chi connectivity index (χ2n) is 15.7. The van der Waals surface area contributed by atoms with Crippen LogP contribution in [0.4, 0.5) is 0 Å². The van der Waals surface area contributed by atoms with Gasteiger partial charge >= 0.3 is 0 Å². The number of pyridine rings is 1. The van der Waals surface area contributed by atoms with Crippen molar-refractivity contribution in [2.75, 3.05) is 0 Å². The van der Waals surface area contributed by atoms with Crippen LogP contribution in [0.3, 0.4) is 0 Å². The molecule has 292 valence electrons. The maximum absolute atomic E-state index is 5.12. The van der Waals surface area contributed by atoms with Gasteiger partial charge in [-0.1, -0.05) is 165 Å². The molecule has 0 saturated carbocycles. The molecule has 3 nitrogen and oxygen atoms in total. The minimum Gasteiger partial charge on any atom is -0.309 e. The molecule has 0 saturated heterocycles. The molecule has 11 rings (SSSR count). The van der Waals surface area contributed by atoms with Crippen molar-refractivity contribution in [1.29, 1.82) is 0 Å². The van der Waals surface area contributed by atoms with Gasteiger partial charge in [-0.05, 0) is 112 Å². The van der Waals surface area contributed by atoms with E-state index in [2.05, 4.69) is 222 Å². The SMILES string of the molecule is C=C/C=C(\C=C)c1cc(-c2ccccc2)cc(-c2ccc(-n3c4ccccc4c4cc(-c5ccc6c(c5)c5ccccc5n6-c5ccc(-c6ccccc6)cc5)ccc43)cc2)n1. The molecule has 3 heterocycles. The molecule has 0 aliphatic heterocycles. The van der Waals surface area contributed by atoms with Crippen LogP contribution < -0.4 is 0 Å². The van der Waals surface area contributed by atoms with Gasteiger partial charge in [0.25, 0.3) is 0 Å². The van der Waals surface area contributed by atoms with Gasteiger partial charge in [-0.2, -0.15) is 0 Å². The molecule has 0 aliphatic rings. The van der Waals surface area contributed by atoms with Gasteiger partial charge in [0.1, 0.15) is 0 Å². The van der Waals surface area contributed by atoms with Crippen molar-refractivity contribution < 1.29 is 0 Å². The number of aromatic nitrogens is 3. The van der Waals surface area contributed by atoms with Gasteiger partial charge in [-0.15, -0.1) is 0 Å². The summed E-state index contributed by atoms with van der Waals surface area (Å²) in [7, 11) is 0. The van der Waals surface area contributed by atoms with E-state index in [1.807, 2.05) is 18.2 Å². The molecule has 0 amide bonds. The van der Waals surface area contributed by atoms with E-state index in [-0.39, 0.29) is 0 Å². The van der Waals surface area contributed by atoms with Crippen LogP contribution in [-0.2, 0) is 0 Å². The second-order valence-corrected chi connectivity index (χ2v) is 15.7. The Morgan fingerprint density at radius 2 is 0.806 bits per heavy atom. The Morgan fingerprint density at radius 3 is 1.32 bits per heavy atom. The summed E-state index contributed by atoms with van der Waals surface area (Å²) in [4.78, 5) is 5.12. The number of nitrogens with zero attached hydrogens (tertiary/aromatic N) is 3. The number of hydrogen-bond donors (Lipinski definition) is 0. The third kappa shape index (κ3) is 6.36. The summed E-state index contributed by atoms with van der Waals surface area (Å²) in [6, 6.07) is 74.3. The topological polar surface area (TPSA) is 22.8 Å². The molecule has 8 aromatic carbocycles. The maximum atomic E-state index is 5.12. The number of para-hydroxylation sites is 2. The minimum absolute atomic E-state index is 0.859. The number of hydrogen-bond acceptors (Lipinski definition) is 1. The van der Waals surface area contributed by atoms with Crippen LogP contribution in [0.1, 0.15) is 5.69 Å². The highest BCUT2D eigenvalue weighted by atomic mass is 15.0. The number of benzene rings is 8. The molecular weight excluding hydrogens is 751 g/mol. The fraction of sp³-hybridized carbons (Fsp3) is 0. The molecule has 0 radical (unpaired) electrons. The van der Waals surface area contributed by atoms with Gasteiger partial charge < -0.3 is 9.13 Å². The second kappa shape index (κ2) is 15.4. The summed E-state index contributed by atoms with van der Waals surface area (Å²) in [6.45, 7) is 7.97. The van der Waals surface area contributed by atoms with Crippen molar-refractivity contribution in [3.63, 3.8) is 0 Å². The Bertz CT molecular complexity index is 3510. The number of rotatable bonds is 9. The van der Waals surface area contributed by atoms with Crippen LogP contribution in [0, 0.1) is 0 Å². The Labute approximate surface area is 361 Å². The fourth-order valence-corrected chi connectivity index (χ4v) is 9.08. The number of fused-ring (bicyclic) bond motifs is 6. The van der Waals surface area contributed by atoms with Gasteiger partial charge in [0, 0.05) is 38.5 Å². The summed E-state index contributed by atoms with van der Waals surface area (Å²) in [5, 5.41) is 4.92. The molecule has 0 aliphatic carbocycles. The first-order valence-corrected chi connectivity index (χ1v) is 21.0. The highest BCUT2D eigenvalue weighted by Crippen LogP contribution is 2.39. The van der Waals surface area contributed by atoms with Crippen molar-refractivity contribution in [1.82, 2.24) is 14.1 Å². The minimum atomic E-state index is 0.859. The lowest BCUT2D eigenvalue weighted by Crippen LogP contribution is -1.96. The summed E-state index contributed by atoms with van der Waals surface area (Å²) in [6.07, 6.45) is 5.57.